The highest BCUT2D eigenvalue weighted by atomic mass is 31.2. The van der Waals surface area contributed by atoms with Crippen LogP contribution in [-0.4, -0.2) is 73.4 Å². The molecule has 0 aliphatic carbocycles. The van der Waals surface area contributed by atoms with E-state index in [-0.39, 0.29) is 19.1 Å². The zero-order valence-electron chi connectivity index (χ0n) is 30.3. The summed E-state index contributed by atoms with van der Waals surface area (Å²) in [6.07, 6.45) is 33.7. The van der Waals surface area contributed by atoms with Crippen molar-refractivity contribution in [2.24, 2.45) is 0 Å². The Labute approximate surface area is 283 Å². The molecular formula is C37H72N2O6P+. The number of unbranched alkanes of at least 4 members (excludes halogenated alkanes) is 15. The number of hydrogen-bond acceptors (Lipinski definition) is 5. The minimum atomic E-state index is -4.33. The average molecular weight is 672 g/mol. The van der Waals surface area contributed by atoms with E-state index in [0.29, 0.717) is 17.4 Å². The van der Waals surface area contributed by atoms with Crippen LogP contribution in [0.5, 0.6) is 0 Å². The van der Waals surface area contributed by atoms with E-state index >= 15 is 0 Å². The van der Waals surface area contributed by atoms with Crippen LogP contribution in [0.25, 0.3) is 0 Å². The van der Waals surface area contributed by atoms with Gasteiger partial charge in [0, 0.05) is 6.42 Å². The maximum absolute atomic E-state index is 12.7. The lowest BCUT2D eigenvalue weighted by Crippen LogP contribution is -2.45. The van der Waals surface area contributed by atoms with Gasteiger partial charge in [0.05, 0.1) is 39.9 Å². The number of nitrogens with zero attached hydrogens (tertiary/aromatic N) is 1. The molecule has 0 bridgehead atoms. The van der Waals surface area contributed by atoms with Crippen LogP contribution in [-0.2, 0) is 18.4 Å². The normalized spacial score (nSPS) is 15.2. The van der Waals surface area contributed by atoms with E-state index < -0.39 is 20.0 Å². The summed E-state index contributed by atoms with van der Waals surface area (Å²) in [4.78, 5) is 22.8. The van der Waals surface area contributed by atoms with Gasteiger partial charge in [-0.25, -0.2) is 4.57 Å². The van der Waals surface area contributed by atoms with Crippen LogP contribution >= 0.6 is 7.82 Å². The third kappa shape index (κ3) is 31.3. The first-order chi connectivity index (χ1) is 22.0. The van der Waals surface area contributed by atoms with Gasteiger partial charge in [0.25, 0.3) is 0 Å². The smallest absolute Gasteiger partial charge is 0.387 e. The van der Waals surface area contributed by atoms with Gasteiger partial charge < -0.3 is 19.8 Å². The lowest BCUT2D eigenvalue weighted by atomic mass is 10.1. The second-order valence-corrected chi connectivity index (χ2v) is 15.0. The van der Waals surface area contributed by atoms with E-state index in [0.717, 1.165) is 44.9 Å². The minimum Gasteiger partial charge on any atom is -0.387 e. The van der Waals surface area contributed by atoms with E-state index in [1.165, 1.54) is 77.0 Å². The molecule has 3 N–H and O–H groups in total. The summed E-state index contributed by atoms with van der Waals surface area (Å²) in [7, 11) is 1.54. The Hall–Kier alpha value is -1.28. The van der Waals surface area contributed by atoms with Gasteiger partial charge in [-0.05, 0) is 44.9 Å². The van der Waals surface area contributed by atoms with Gasteiger partial charge in [-0.2, -0.15) is 0 Å². The summed E-state index contributed by atoms with van der Waals surface area (Å²) in [5, 5.41) is 13.6. The topological polar surface area (TPSA) is 105 Å². The van der Waals surface area contributed by atoms with Crippen molar-refractivity contribution >= 4 is 13.7 Å². The molecular weight excluding hydrogens is 599 g/mol. The molecule has 0 aliphatic heterocycles. The molecule has 9 heteroatoms. The molecule has 0 aromatic rings. The highest BCUT2D eigenvalue weighted by molar-refractivity contribution is 7.47. The quantitative estimate of drug-likeness (QED) is 0.0285. The number of phosphoric ester groups is 1. The van der Waals surface area contributed by atoms with Gasteiger partial charge in [0.1, 0.15) is 13.2 Å². The number of aliphatic hydroxyl groups excluding tert-OH is 1. The summed E-state index contributed by atoms with van der Waals surface area (Å²) in [5.41, 5.74) is 0. The van der Waals surface area contributed by atoms with E-state index in [1.807, 2.05) is 27.2 Å². The number of nitrogens with one attached hydrogen (secondary N) is 1. The number of aliphatic hydroxyl groups is 1. The average Bonchev–Trinajstić information content (AvgIpc) is 2.99. The predicted molar refractivity (Wildman–Crippen MR) is 194 cm³/mol. The van der Waals surface area contributed by atoms with Crippen LogP contribution in [0.15, 0.2) is 36.5 Å². The number of carbonyl (C=O) groups is 1. The highest BCUT2D eigenvalue weighted by Gasteiger charge is 2.27. The predicted octanol–water partition coefficient (Wildman–Crippen LogP) is 9.18. The van der Waals surface area contributed by atoms with Crippen molar-refractivity contribution in [3.05, 3.63) is 36.5 Å². The number of rotatable bonds is 32. The molecule has 0 rings (SSSR count). The lowest BCUT2D eigenvalue weighted by molar-refractivity contribution is -0.870. The van der Waals surface area contributed by atoms with Crippen LogP contribution in [0.3, 0.4) is 0 Å². The Morgan fingerprint density at radius 2 is 1.20 bits per heavy atom. The van der Waals surface area contributed by atoms with Gasteiger partial charge >= 0.3 is 7.82 Å². The zero-order chi connectivity index (χ0) is 34.4. The molecule has 0 heterocycles. The molecule has 0 radical (unpaired) electrons. The summed E-state index contributed by atoms with van der Waals surface area (Å²) in [6.45, 7) is 4.70. The number of phosphoric acid groups is 1. The van der Waals surface area contributed by atoms with Crippen LogP contribution in [0, 0.1) is 0 Å². The Balaban J connectivity index is 4.58. The summed E-state index contributed by atoms with van der Waals surface area (Å²) in [5.74, 6) is -0.201. The van der Waals surface area contributed by atoms with Gasteiger partial charge in [0.15, 0.2) is 0 Å². The van der Waals surface area contributed by atoms with Crippen molar-refractivity contribution in [3.63, 3.8) is 0 Å². The number of allylic oxidation sites excluding steroid dienone is 5. The minimum absolute atomic E-state index is 0.0536. The Morgan fingerprint density at radius 1 is 0.717 bits per heavy atom. The molecule has 46 heavy (non-hydrogen) atoms. The van der Waals surface area contributed by atoms with Gasteiger partial charge in [0.2, 0.25) is 5.91 Å². The standard InChI is InChI=1S/C37H71N2O6P/c1-6-8-10-12-14-15-16-17-18-19-20-21-22-23-25-26-28-30-36(40)35(34-45-46(42,43)44-33-32-39(3,4)5)38-37(41)31-29-27-24-13-11-9-7-2/h18-19,22-23,28,30,35-36,40H,6-17,20-21,24-27,29,31-34H2,1-5H3,(H-,38,41,42,43)/p+1/b19-18+,23-22+,30-28+. The number of quaternary nitrogens is 1. The van der Waals surface area contributed by atoms with Crippen molar-refractivity contribution in [1.29, 1.82) is 0 Å². The fourth-order valence-electron chi connectivity index (χ4n) is 4.83. The van der Waals surface area contributed by atoms with Crippen molar-refractivity contribution in [2.75, 3.05) is 40.9 Å². The van der Waals surface area contributed by atoms with E-state index in [4.69, 9.17) is 9.05 Å². The Morgan fingerprint density at radius 3 is 1.74 bits per heavy atom. The third-order valence-electron chi connectivity index (χ3n) is 7.84. The molecule has 1 amide bonds. The third-order valence-corrected chi connectivity index (χ3v) is 8.82. The molecule has 3 unspecified atom stereocenters. The first-order valence-corrected chi connectivity index (χ1v) is 19.9. The maximum atomic E-state index is 12.7. The molecule has 0 aliphatic rings. The number of amides is 1. The number of carbonyl (C=O) groups excluding carboxylic acids is 1. The summed E-state index contributed by atoms with van der Waals surface area (Å²) >= 11 is 0. The van der Waals surface area contributed by atoms with Crippen molar-refractivity contribution < 1.29 is 32.9 Å². The van der Waals surface area contributed by atoms with Crippen molar-refractivity contribution in [3.8, 4) is 0 Å². The van der Waals surface area contributed by atoms with Crippen LogP contribution in [0.4, 0.5) is 0 Å². The molecule has 0 spiro atoms. The monoisotopic (exact) mass is 672 g/mol. The molecule has 0 aromatic carbocycles. The van der Waals surface area contributed by atoms with Crippen molar-refractivity contribution in [1.82, 2.24) is 5.32 Å². The van der Waals surface area contributed by atoms with E-state index in [2.05, 4.69) is 43.5 Å². The van der Waals surface area contributed by atoms with Crippen LogP contribution < -0.4 is 5.32 Å². The highest BCUT2D eigenvalue weighted by Crippen LogP contribution is 2.43. The van der Waals surface area contributed by atoms with Crippen LogP contribution in [0.2, 0.25) is 0 Å². The van der Waals surface area contributed by atoms with E-state index in [1.54, 1.807) is 6.08 Å². The fourth-order valence-corrected chi connectivity index (χ4v) is 5.57. The SMILES string of the molecule is CCCCCCCCC/C=C/CC/C=C/CC/C=C/C(O)C(COP(=O)(O)OCC[N+](C)(C)C)NC(=O)CCCCCCCCC. The number of likely N-dealkylation sites (N-methyl/N-ethyl adjacent to an activating group) is 1. The molecule has 3 atom stereocenters. The second kappa shape index (κ2) is 29.8. The first-order valence-electron chi connectivity index (χ1n) is 18.4. The van der Waals surface area contributed by atoms with Crippen molar-refractivity contribution in [2.45, 2.75) is 154 Å². The molecule has 8 nitrogen and oxygen atoms in total. The summed E-state index contributed by atoms with van der Waals surface area (Å²) < 4.78 is 23.3. The number of hydrogen-bond donors (Lipinski definition) is 3. The van der Waals surface area contributed by atoms with Crippen LogP contribution in [0.1, 0.15) is 142 Å². The first kappa shape index (κ1) is 44.7. The Kier molecular flexibility index (Phi) is 29.0. The maximum Gasteiger partial charge on any atom is 0.472 e. The zero-order valence-corrected chi connectivity index (χ0v) is 31.2. The molecule has 0 fully saturated rings. The lowest BCUT2D eigenvalue weighted by Gasteiger charge is -2.25. The Bertz CT molecular complexity index is 855. The molecule has 0 saturated carbocycles. The molecule has 270 valence electrons. The van der Waals surface area contributed by atoms with Gasteiger partial charge in [-0.3, -0.25) is 13.8 Å². The largest absolute Gasteiger partial charge is 0.472 e. The molecule has 0 saturated heterocycles. The second-order valence-electron chi connectivity index (χ2n) is 13.6. The fraction of sp³-hybridized carbons (Fsp3) is 0.811. The molecule has 0 aromatic heterocycles. The van der Waals surface area contributed by atoms with Gasteiger partial charge in [-0.15, -0.1) is 0 Å². The summed E-state index contributed by atoms with van der Waals surface area (Å²) in [6, 6.07) is -0.862. The van der Waals surface area contributed by atoms with Gasteiger partial charge in [-0.1, -0.05) is 127 Å². The van der Waals surface area contributed by atoms with E-state index in [9.17, 15) is 19.4 Å².